The van der Waals surface area contributed by atoms with E-state index < -0.39 is 58.3 Å². The van der Waals surface area contributed by atoms with E-state index in [0.717, 1.165) is 4.90 Å². The molecule has 2 amide bonds. The molecule has 0 unspecified atom stereocenters. The van der Waals surface area contributed by atoms with Crippen LogP contribution in [0.25, 0.3) is 0 Å². The highest BCUT2D eigenvalue weighted by atomic mass is 35.5. The van der Waals surface area contributed by atoms with Crippen molar-refractivity contribution in [2.24, 2.45) is 11.8 Å². The average Bonchev–Trinajstić information content (AvgIpc) is 3.20. The van der Waals surface area contributed by atoms with Gasteiger partial charge in [-0.25, -0.2) is 0 Å². The highest BCUT2D eigenvalue weighted by Gasteiger charge is 2.73. The molecule has 3 aromatic carbocycles. The third kappa shape index (κ3) is 3.21. The van der Waals surface area contributed by atoms with Gasteiger partial charge in [-0.2, -0.15) is 0 Å². The van der Waals surface area contributed by atoms with Crippen LogP contribution in [0, 0.1) is 11.8 Å². The summed E-state index contributed by atoms with van der Waals surface area (Å²) in [5.41, 5.74) is 3.03. The van der Waals surface area contributed by atoms with Crippen molar-refractivity contribution in [3.05, 3.63) is 101 Å². The van der Waals surface area contributed by atoms with Gasteiger partial charge in [0.1, 0.15) is 22.0 Å². The lowest BCUT2D eigenvalue weighted by atomic mass is 9.54. The molecule has 38 heavy (non-hydrogen) atoms. The molecular formula is C29H21Cl2NO6. The van der Waals surface area contributed by atoms with E-state index in [9.17, 15) is 19.2 Å². The number of halogens is 2. The Balaban J connectivity index is 1.27. The van der Waals surface area contributed by atoms with Crippen molar-refractivity contribution in [2.75, 3.05) is 20.3 Å². The second-order valence-electron chi connectivity index (χ2n) is 9.55. The SMILES string of the molecule is COc1ccc(C(=O)COC(=O)CN2C(=O)[C@@H]3[C@H](C2=O)C2(Cl)c4ccccc4C3(Cl)c3ccccc32)cc1. The van der Waals surface area contributed by atoms with Crippen LogP contribution in [0.15, 0.2) is 72.8 Å². The van der Waals surface area contributed by atoms with Crippen molar-refractivity contribution in [3.8, 4) is 5.75 Å². The maximum absolute atomic E-state index is 13.7. The third-order valence-corrected chi connectivity index (χ3v) is 9.02. The molecule has 2 atom stereocenters. The highest BCUT2D eigenvalue weighted by molar-refractivity contribution is 6.36. The number of ether oxygens (including phenoxy) is 2. The van der Waals surface area contributed by atoms with Crippen molar-refractivity contribution in [3.63, 3.8) is 0 Å². The summed E-state index contributed by atoms with van der Waals surface area (Å²) >= 11 is 14.7. The summed E-state index contributed by atoms with van der Waals surface area (Å²) in [5.74, 6) is -3.94. The van der Waals surface area contributed by atoms with Crippen LogP contribution in [0.3, 0.4) is 0 Å². The standard InChI is InChI=1S/C29H21Cl2NO6/c1-37-17-12-10-16(11-13-17)22(33)15-38-23(34)14-32-26(35)24-25(27(32)36)29(31)19-7-3-2-6-18(19)28(24,30)20-8-4-5-9-21(20)29/h2-13,24-25H,14-15H2,1H3/t24-,25+,28?,29?. The van der Waals surface area contributed by atoms with E-state index >= 15 is 0 Å². The molecule has 9 heteroatoms. The Hall–Kier alpha value is -3.68. The Morgan fingerprint density at radius 1 is 0.789 bits per heavy atom. The lowest BCUT2D eigenvalue weighted by molar-refractivity contribution is -0.152. The molecule has 0 spiro atoms. The quantitative estimate of drug-likeness (QED) is 0.200. The summed E-state index contributed by atoms with van der Waals surface area (Å²) in [5, 5.41) is 0. The summed E-state index contributed by atoms with van der Waals surface area (Å²) in [7, 11) is 1.51. The van der Waals surface area contributed by atoms with Gasteiger partial charge in [-0.3, -0.25) is 24.1 Å². The molecule has 1 aliphatic heterocycles. The monoisotopic (exact) mass is 549 g/mol. The topological polar surface area (TPSA) is 90.0 Å². The van der Waals surface area contributed by atoms with Gasteiger partial charge in [0.2, 0.25) is 11.8 Å². The maximum Gasteiger partial charge on any atom is 0.326 e. The van der Waals surface area contributed by atoms with Crippen molar-refractivity contribution in [1.29, 1.82) is 0 Å². The number of methoxy groups -OCH3 is 1. The second-order valence-corrected chi connectivity index (χ2v) is 10.7. The summed E-state index contributed by atoms with van der Waals surface area (Å²) in [6.45, 7) is -1.18. The fourth-order valence-electron chi connectivity index (χ4n) is 6.06. The van der Waals surface area contributed by atoms with Crippen LogP contribution < -0.4 is 4.74 Å². The van der Waals surface area contributed by atoms with Gasteiger partial charge in [-0.1, -0.05) is 48.5 Å². The Kier molecular flexibility index (Phi) is 5.63. The largest absolute Gasteiger partial charge is 0.497 e. The molecular weight excluding hydrogens is 529 g/mol. The molecule has 1 fully saturated rings. The van der Waals surface area contributed by atoms with E-state index in [1.807, 2.05) is 48.5 Å². The van der Waals surface area contributed by atoms with Crippen LogP contribution in [0.5, 0.6) is 5.75 Å². The molecule has 7 rings (SSSR count). The van der Waals surface area contributed by atoms with Crippen LogP contribution in [-0.2, 0) is 28.9 Å². The van der Waals surface area contributed by atoms with Gasteiger partial charge in [-0.05, 0) is 46.5 Å². The predicted octanol–water partition coefficient (Wildman–Crippen LogP) is 4.01. The first-order chi connectivity index (χ1) is 18.2. The molecule has 4 aliphatic rings. The van der Waals surface area contributed by atoms with Crippen molar-refractivity contribution >= 4 is 46.8 Å². The fraction of sp³-hybridized carbons (Fsp3) is 0.241. The minimum absolute atomic E-state index is 0.332. The van der Waals surface area contributed by atoms with E-state index in [1.165, 1.54) is 7.11 Å². The Morgan fingerprint density at radius 3 is 1.66 bits per heavy atom. The molecule has 3 aromatic rings. The number of rotatable bonds is 6. The zero-order valence-corrected chi connectivity index (χ0v) is 21.7. The molecule has 0 saturated carbocycles. The number of nitrogens with zero attached hydrogens (tertiary/aromatic N) is 1. The number of alkyl halides is 2. The summed E-state index contributed by atoms with van der Waals surface area (Å²) in [6, 6.07) is 20.9. The van der Waals surface area contributed by atoms with Gasteiger partial charge in [0, 0.05) is 5.56 Å². The molecule has 0 N–H and O–H groups in total. The number of Topliss-reactive ketones (excluding diaryl/α,β-unsaturated/α-hetero) is 1. The summed E-state index contributed by atoms with van der Waals surface area (Å²) in [6.07, 6.45) is 0. The van der Waals surface area contributed by atoms with Crippen LogP contribution in [0.1, 0.15) is 32.6 Å². The first kappa shape index (κ1) is 24.6. The van der Waals surface area contributed by atoms with Crippen molar-refractivity contribution < 1.29 is 28.7 Å². The number of carbonyl (C=O) groups is 4. The predicted molar refractivity (Wildman–Crippen MR) is 138 cm³/mol. The molecule has 7 nitrogen and oxygen atoms in total. The van der Waals surface area contributed by atoms with Crippen LogP contribution in [0.2, 0.25) is 0 Å². The molecule has 2 bridgehead atoms. The minimum atomic E-state index is -1.33. The van der Waals surface area contributed by atoms with Gasteiger partial charge >= 0.3 is 5.97 Å². The number of hydrogen-bond donors (Lipinski definition) is 0. The summed E-state index contributed by atoms with van der Waals surface area (Å²) in [4.78, 5) is 50.8. The minimum Gasteiger partial charge on any atom is -0.497 e. The molecule has 3 aliphatic carbocycles. The number of ketones is 1. The van der Waals surface area contributed by atoms with E-state index in [2.05, 4.69) is 0 Å². The maximum atomic E-state index is 13.7. The Labute approximate surface area is 228 Å². The van der Waals surface area contributed by atoms with Crippen LogP contribution >= 0.6 is 23.2 Å². The summed E-state index contributed by atoms with van der Waals surface area (Å²) < 4.78 is 10.2. The third-order valence-electron chi connectivity index (χ3n) is 7.74. The number of esters is 1. The zero-order chi connectivity index (χ0) is 26.8. The zero-order valence-electron chi connectivity index (χ0n) is 20.1. The number of imide groups is 1. The van der Waals surface area contributed by atoms with Gasteiger partial charge in [0.05, 0.1) is 18.9 Å². The van der Waals surface area contributed by atoms with Gasteiger partial charge in [0.25, 0.3) is 0 Å². The number of likely N-dealkylation sites (tertiary alicyclic amines) is 1. The smallest absolute Gasteiger partial charge is 0.326 e. The number of hydrogen-bond acceptors (Lipinski definition) is 6. The normalized spacial score (nSPS) is 26.4. The Morgan fingerprint density at radius 2 is 1.24 bits per heavy atom. The van der Waals surface area contributed by atoms with Gasteiger partial charge < -0.3 is 9.47 Å². The lowest BCUT2D eigenvalue weighted by Gasteiger charge is -2.54. The first-order valence-corrected chi connectivity index (χ1v) is 12.7. The molecule has 0 radical (unpaired) electrons. The van der Waals surface area contributed by atoms with Crippen molar-refractivity contribution in [1.82, 2.24) is 4.90 Å². The van der Waals surface area contributed by atoms with E-state index in [0.29, 0.717) is 33.6 Å². The molecule has 0 aromatic heterocycles. The van der Waals surface area contributed by atoms with E-state index in [-0.39, 0.29) is 0 Å². The van der Waals surface area contributed by atoms with Crippen LogP contribution in [-0.4, -0.2) is 48.7 Å². The molecule has 1 saturated heterocycles. The van der Waals surface area contributed by atoms with Gasteiger partial charge in [-0.15, -0.1) is 23.2 Å². The van der Waals surface area contributed by atoms with Gasteiger partial charge in [0.15, 0.2) is 12.4 Å². The molecule has 1 heterocycles. The average molecular weight is 550 g/mol. The first-order valence-electron chi connectivity index (χ1n) is 12.0. The molecule has 192 valence electrons. The van der Waals surface area contributed by atoms with E-state index in [4.69, 9.17) is 32.7 Å². The van der Waals surface area contributed by atoms with Crippen LogP contribution in [0.4, 0.5) is 0 Å². The fourth-order valence-corrected chi connectivity index (χ4v) is 7.16. The number of carbonyl (C=O) groups excluding carboxylic acids is 4. The number of amides is 2. The lowest BCUT2D eigenvalue weighted by Crippen LogP contribution is -2.57. The number of benzene rings is 3. The Bertz CT molecular complexity index is 1400. The van der Waals surface area contributed by atoms with Crippen molar-refractivity contribution in [2.45, 2.75) is 9.75 Å². The van der Waals surface area contributed by atoms with E-state index in [1.54, 1.807) is 24.3 Å². The highest BCUT2D eigenvalue weighted by Crippen LogP contribution is 2.69. The second kappa shape index (κ2) is 8.68.